The molecule has 0 aliphatic rings. The van der Waals surface area contributed by atoms with E-state index in [1.807, 2.05) is 6.92 Å². The number of carboxylic acid groups (broad SMARTS) is 1. The summed E-state index contributed by atoms with van der Waals surface area (Å²) >= 11 is 0. The lowest BCUT2D eigenvalue weighted by Crippen LogP contribution is -2.33. The molecule has 0 saturated carbocycles. The maximum absolute atomic E-state index is 10.7. The average molecular weight is 227 g/mol. The van der Waals surface area contributed by atoms with E-state index in [2.05, 4.69) is 5.16 Å². The molecule has 0 spiro atoms. The Kier molecular flexibility index (Phi) is 4.01. The van der Waals surface area contributed by atoms with Gasteiger partial charge in [0.25, 0.3) is 0 Å². The van der Waals surface area contributed by atoms with Crippen molar-refractivity contribution in [1.29, 1.82) is 0 Å². The summed E-state index contributed by atoms with van der Waals surface area (Å²) in [6, 6.07) is 1.33. The van der Waals surface area contributed by atoms with E-state index in [0.29, 0.717) is 18.8 Å². The fourth-order valence-corrected chi connectivity index (χ4v) is 1.21. The molecule has 0 bridgehead atoms. The third-order valence-electron chi connectivity index (χ3n) is 1.98. The van der Waals surface area contributed by atoms with Gasteiger partial charge in [-0.15, -0.1) is 0 Å². The van der Waals surface area contributed by atoms with E-state index in [-0.39, 0.29) is 12.2 Å². The van der Waals surface area contributed by atoms with Crippen molar-refractivity contribution in [2.24, 2.45) is 5.73 Å². The van der Waals surface area contributed by atoms with Crippen molar-refractivity contribution in [3.8, 4) is 0 Å². The predicted molar refractivity (Wildman–Crippen MR) is 53.6 cm³/mol. The van der Waals surface area contributed by atoms with Gasteiger partial charge in [0, 0.05) is 6.07 Å². The summed E-state index contributed by atoms with van der Waals surface area (Å²) in [6.07, 6.45) is 0. The summed E-state index contributed by atoms with van der Waals surface area (Å²) in [5.74, 6) is -1.20. The summed E-state index contributed by atoms with van der Waals surface area (Å²) in [6.45, 7) is 2.86. The molecule has 88 valence electrons. The first-order valence-corrected chi connectivity index (χ1v) is 4.72. The molecular formula is C9H13N3O4. The van der Waals surface area contributed by atoms with Gasteiger partial charge in [-0.1, -0.05) is 12.1 Å². The van der Waals surface area contributed by atoms with Crippen LogP contribution in [0.1, 0.15) is 23.2 Å². The number of nitrogens with zero attached hydrogens (tertiary/aromatic N) is 2. The van der Waals surface area contributed by atoms with E-state index in [1.165, 1.54) is 6.07 Å². The molecule has 16 heavy (non-hydrogen) atoms. The monoisotopic (exact) mass is 227 g/mol. The Morgan fingerprint density at radius 1 is 1.62 bits per heavy atom. The lowest BCUT2D eigenvalue weighted by atomic mass is 10.3. The maximum atomic E-state index is 10.7. The zero-order valence-electron chi connectivity index (χ0n) is 8.84. The average Bonchev–Trinajstić information content (AvgIpc) is 2.64. The standard InChI is InChI=1S/C9H13N3O4/c1-2-12(5-8(10)13)4-6-3-7(9(14)15)11-16-6/h3H,2,4-5H2,1H3,(H2,10,13)(H,14,15). The Morgan fingerprint density at radius 3 is 2.75 bits per heavy atom. The number of primary amides is 1. The molecule has 1 aromatic heterocycles. The van der Waals surface area contributed by atoms with E-state index >= 15 is 0 Å². The summed E-state index contributed by atoms with van der Waals surface area (Å²) in [7, 11) is 0. The topological polar surface area (TPSA) is 110 Å². The van der Waals surface area contributed by atoms with E-state index in [9.17, 15) is 9.59 Å². The SMILES string of the molecule is CCN(CC(N)=O)Cc1cc(C(=O)O)no1. The van der Waals surface area contributed by atoms with Crippen LogP contribution >= 0.6 is 0 Å². The van der Waals surface area contributed by atoms with Crippen LogP contribution in [0.4, 0.5) is 0 Å². The van der Waals surface area contributed by atoms with Crippen LogP contribution in [0.3, 0.4) is 0 Å². The van der Waals surface area contributed by atoms with E-state index in [1.54, 1.807) is 4.90 Å². The van der Waals surface area contributed by atoms with Crippen LogP contribution in [0.2, 0.25) is 0 Å². The first kappa shape index (κ1) is 12.2. The van der Waals surface area contributed by atoms with Gasteiger partial charge in [-0.05, 0) is 6.54 Å². The minimum Gasteiger partial charge on any atom is -0.476 e. The maximum Gasteiger partial charge on any atom is 0.358 e. The van der Waals surface area contributed by atoms with E-state index in [4.69, 9.17) is 15.4 Å². The summed E-state index contributed by atoms with van der Waals surface area (Å²) < 4.78 is 4.82. The molecule has 1 rings (SSSR count). The molecule has 0 saturated heterocycles. The Hall–Kier alpha value is -1.89. The van der Waals surface area contributed by atoms with Gasteiger partial charge in [0.2, 0.25) is 5.91 Å². The minimum absolute atomic E-state index is 0.0968. The van der Waals surface area contributed by atoms with Crippen LogP contribution in [0, 0.1) is 0 Å². The van der Waals surface area contributed by atoms with Gasteiger partial charge in [-0.3, -0.25) is 9.69 Å². The molecule has 1 aromatic rings. The molecule has 7 heteroatoms. The van der Waals surface area contributed by atoms with Crippen LogP contribution < -0.4 is 5.73 Å². The fraction of sp³-hybridized carbons (Fsp3) is 0.444. The molecular weight excluding hydrogens is 214 g/mol. The molecule has 0 aliphatic carbocycles. The number of carbonyl (C=O) groups excluding carboxylic acids is 1. The molecule has 0 atom stereocenters. The van der Waals surface area contributed by atoms with Crippen LogP contribution in [0.15, 0.2) is 10.6 Å². The van der Waals surface area contributed by atoms with Crippen LogP contribution in [-0.4, -0.2) is 40.1 Å². The number of rotatable bonds is 6. The van der Waals surface area contributed by atoms with Gasteiger partial charge in [0.1, 0.15) is 0 Å². The van der Waals surface area contributed by atoms with Crippen LogP contribution in [0.5, 0.6) is 0 Å². The van der Waals surface area contributed by atoms with Crippen LogP contribution in [0.25, 0.3) is 0 Å². The number of likely N-dealkylation sites (N-methyl/N-ethyl adjacent to an activating group) is 1. The number of carboxylic acids is 1. The second-order valence-corrected chi connectivity index (χ2v) is 3.25. The number of hydrogen-bond donors (Lipinski definition) is 2. The molecule has 0 unspecified atom stereocenters. The van der Waals surface area contributed by atoms with Crippen molar-refractivity contribution in [3.63, 3.8) is 0 Å². The number of aromatic nitrogens is 1. The molecule has 3 N–H and O–H groups in total. The Labute approximate surface area is 91.8 Å². The first-order valence-electron chi connectivity index (χ1n) is 4.72. The molecule has 1 heterocycles. The lowest BCUT2D eigenvalue weighted by Gasteiger charge is -2.15. The molecule has 0 aliphatic heterocycles. The fourth-order valence-electron chi connectivity index (χ4n) is 1.21. The van der Waals surface area contributed by atoms with E-state index < -0.39 is 11.9 Å². The Balaban J connectivity index is 2.63. The summed E-state index contributed by atoms with van der Waals surface area (Å²) in [5, 5.41) is 12.0. The van der Waals surface area contributed by atoms with Gasteiger partial charge in [-0.25, -0.2) is 4.79 Å². The smallest absolute Gasteiger partial charge is 0.358 e. The van der Waals surface area contributed by atoms with E-state index in [0.717, 1.165) is 0 Å². The summed E-state index contributed by atoms with van der Waals surface area (Å²) in [4.78, 5) is 23.0. The second-order valence-electron chi connectivity index (χ2n) is 3.25. The van der Waals surface area contributed by atoms with Crippen molar-refractivity contribution in [3.05, 3.63) is 17.5 Å². The number of carbonyl (C=O) groups is 2. The molecule has 0 fully saturated rings. The Morgan fingerprint density at radius 2 is 2.31 bits per heavy atom. The van der Waals surface area contributed by atoms with Crippen LogP contribution in [-0.2, 0) is 11.3 Å². The zero-order valence-corrected chi connectivity index (χ0v) is 8.84. The number of nitrogens with two attached hydrogens (primary N) is 1. The number of amides is 1. The molecule has 7 nitrogen and oxygen atoms in total. The quantitative estimate of drug-likeness (QED) is 0.689. The minimum atomic E-state index is -1.15. The van der Waals surface area contributed by atoms with Crippen molar-refractivity contribution < 1.29 is 19.2 Å². The zero-order chi connectivity index (χ0) is 12.1. The normalized spacial score (nSPS) is 10.6. The second kappa shape index (κ2) is 5.26. The van der Waals surface area contributed by atoms with Crippen molar-refractivity contribution in [2.45, 2.75) is 13.5 Å². The highest BCUT2D eigenvalue weighted by Gasteiger charge is 2.14. The highest BCUT2D eigenvalue weighted by Crippen LogP contribution is 2.07. The highest BCUT2D eigenvalue weighted by molar-refractivity contribution is 5.85. The third kappa shape index (κ3) is 3.35. The number of aromatic carboxylic acids is 1. The molecule has 1 amide bonds. The van der Waals surface area contributed by atoms with Crippen molar-refractivity contribution in [1.82, 2.24) is 10.1 Å². The van der Waals surface area contributed by atoms with Gasteiger partial charge in [0.15, 0.2) is 11.5 Å². The third-order valence-corrected chi connectivity index (χ3v) is 1.98. The lowest BCUT2D eigenvalue weighted by molar-refractivity contribution is -0.119. The highest BCUT2D eigenvalue weighted by atomic mass is 16.5. The Bertz CT molecular complexity index is 388. The van der Waals surface area contributed by atoms with Gasteiger partial charge in [0.05, 0.1) is 13.1 Å². The predicted octanol–water partition coefficient (Wildman–Crippen LogP) is -0.320. The van der Waals surface area contributed by atoms with Crippen molar-refractivity contribution >= 4 is 11.9 Å². The molecule has 0 aromatic carbocycles. The largest absolute Gasteiger partial charge is 0.476 e. The van der Waals surface area contributed by atoms with Gasteiger partial charge < -0.3 is 15.4 Å². The first-order chi connectivity index (χ1) is 7.52. The van der Waals surface area contributed by atoms with Gasteiger partial charge in [-0.2, -0.15) is 0 Å². The molecule has 0 radical (unpaired) electrons. The van der Waals surface area contributed by atoms with Crippen molar-refractivity contribution in [2.75, 3.05) is 13.1 Å². The van der Waals surface area contributed by atoms with Gasteiger partial charge >= 0.3 is 5.97 Å². The summed E-state index contributed by atoms with van der Waals surface area (Å²) in [5.41, 5.74) is 4.91. The number of hydrogen-bond acceptors (Lipinski definition) is 5.